The third-order valence-electron chi connectivity index (χ3n) is 2.79. The highest BCUT2D eigenvalue weighted by atomic mass is 35.5. The summed E-state index contributed by atoms with van der Waals surface area (Å²) in [5.41, 5.74) is 1.06. The van der Waals surface area contributed by atoms with E-state index < -0.39 is 0 Å². The maximum atomic E-state index is 12.1. The quantitative estimate of drug-likeness (QED) is 0.785. The molecule has 110 valence electrons. The molecule has 5 heteroatoms. The van der Waals surface area contributed by atoms with Gasteiger partial charge in [-0.1, -0.05) is 29.8 Å². The molecule has 0 saturated carbocycles. The topological polar surface area (TPSA) is 35.6 Å². The summed E-state index contributed by atoms with van der Waals surface area (Å²) in [6, 6.07) is 7.46. The fourth-order valence-electron chi connectivity index (χ4n) is 1.65. The molecule has 0 saturated heterocycles. The number of carbonyl (C=O) groups excluding carboxylic acids is 1. The van der Waals surface area contributed by atoms with Crippen LogP contribution in [0.3, 0.4) is 0 Å². The number of halogens is 1. The highest BCUT2D eigenvalue weighted by Gasteiger charge is 2.13. The van der Waals surface area contributed by atoms with Crippen molar-refractivity contribution in [2.45, 2.75) is 6.54 Å². The van der Waals surface area contributed by atoms with Gasteiger partial charge >= 0.3 is 6.03 Å². The fourth-order valence-corrected chi connectivity index (χ4v) is 1.78. The number of hydrogen-bond acceptors (Lipinski definition) is 2. The van der Waals surface area contributed by atoms with Crippen LogP contribution in [0.25, 0.3) is 0 Å². The molecule has 0 radical (unpaired) electrons. The Kier molecular flexibility index (Phi) is 7.12. The third-order valence-corrected chi connectivity index (χ3v) is 3.04. The van der Waals surface area contributed by atoms with Crippen molar-refractivity contribution in [3.8, 4) is 0 Å². The number of amides is 2. The van der Waals surface area contributed by atoms with Gasteiger partial charge < -0.3 is 15.1 Å². The molecule has 1 N–H and O–H groups in total. The number of nitrogens with zero attached hydrogens (tertiary/aromatic N) is 2. The monoisotopic (exact) mass is 295 g/mol. The smallest absolute Gasteiger partial charge is 0.317 e. The van der Waals surface area contributed by atoms with Crippen molar-refractivity contribution in [3.05, 3.63) is 47.5 Å². The van der Waals surface area contributed by atoms with Crippen LogP contribution in [0.4, 0.5) is 4.79 Å². The van der Waals surface area contributed by atoms with E-state index in [-0.39, 0.29) is 6.03 Å². The molecule has 20 heavy (non-hydrogen) atoms. The SMILES string of the molecule is C=CCNC(=O)N(CCN(C)C)Cc1ccc(Cl)cc1. The van der Waals surface area contributed by atoms with Gasteiger partial charge in [0.25, 0.3) is 0 Å². The van der Waals surface area contributed by atoms with Gasteiger partial charge in [-0.3, -0.25) is 0 Å². The zero-order valence-electron chi connectivity index (χ0n) is 12.1. The molecule has 2 amide bonds. The first kappa shape index (κ1) is 16.5. The molecular weight excluding hydrogens is 274 g/mol. The van der Waals surface area contributed by atoms with E-state index in [0.29, 0.717) is 24.7 Å². The van der Waals surface area contributed by atoms with Gasteiger partial charge in [-0.25, -0.2) is 4.79 Å². The highest BCUT2D eigenvalue weighted by Crippen LogP contribution is 2.11. The standard InChI is InChI=1S/C15H22ClN3O/c1-4-9-17-15(20)19(11-10-18(2)3)12-13-5-7-14(16)8-6-13/h4-8H,1,9-12H2,2-3H3,(H,17,20). The number of carbonyl (C=O) groups is 1. The molecule has 0 spiro atoms. The lowest BCUT2D eigenvalue weighted by Crippen LogP contribution is -2.42. The van der Waals surface area contributed by atoms with Crippen LogP contribution in [0.2, 0.25) is 5.02 Å². The maximum absolute atomic E-state index is 12.1. The summed E-state index contributed by atoms with van der Waals surface area (Å²) < 4.78 is 0. The van der Waals surface area contributed by atoms with Crippen molar-refractivity contribution in [1.29, 1.82) is 0 Å². The van der Waals surface area contributed by atoms with E-state index in [1.54, 1.807) is 11.0 Å². The molecule has 1 aromatic carbocycles. The Balaban J connectivity index is 2.67. The number of likely N-dealkylation sites (N-methyl/N-ethyl adjacent to an activating group) is 1. The Hall–Kier alpha value is -1.52. The number of benzene rings is 1. The zero-order chi connectivity index (χ0) is 15.0. The van der Waals surface area contributed by atoms with Gasteiger partial charge in [0.15, 0.2) is 0 Å². The minimum absolute atomic E-state index is 0.0818. The highest BCUT2D eigenvalue weighted by molar-refractivity contribution is 6.30. The summed E-state index contributed by atoms with van der Waals surface area (Å²) >= 11 is 5.87. The lowest BCUT2D eigenvalue weighted by Gasteiger charge is -2.24. The Bertz CT molecular complexity index is 431. The molecule has 0 bridgehead atoms. The van der Waals surface area contributed by atoms with E-state index in [2.05, 4.69) is 16.8 Å². The molecule has 1 rings (SSSR count). The summed E-state index contributed by atoms with van der Waals surface area (Å²) in [5.74, 6) is 0. The average molecular weight is 296 g/mol. The molecule has 0 aliphatic rings. The second-order valence-electron chi connectivity index (χ2n) is 4.83. The van der Waals surface area contributed by atoms with Crippen molar-refractivity contribution in [2.24, 2.45) is 0 Å². The van der Waals surface area contributed by atoms with E-state index in [0.717, 1.165) is 12.1 Å². The normalized spacial score (nSPS) is 10.4. The third kappa shape index (κ3) is 6.08. The van der Waals surface area contributed by atoms with Gasteiger partial charge in [0.05, 0.1) is 0 Å². The minimum Gasteiger partial charge on any atom is -0.335 e. The first-order valence-electron chi connectivity index (χ1n) is 6.55. The van der Waals surface area contributed by atoms with Gasteiger partial charge in [0.2, 0.25) is 0 Å². The van der Waals surface area contributed by atoms with Gasteiger partial charge in [-0.15, -0.1) is 6.58 Å². The molecule has 1 aromatic rings. The van der Waals surface area contributed by atoms with Crippen molar-refractivity contribution in [3.63, 3.8) is 0 Å². The summed E-state index contributed by atoms with van der Waals surface area (Å²) in [6.07, 6.45) is 1.67. The Morgan fingerprint density at radius 2 is 1.95 bits per heavy atom. The predicted octanol–water partition coefficient (Wildman–Crippen LogP) is 2.60. The zero-order valence-corrected chi connectivity index (χ0v) is 12.9. The Labute approximate surface area is 126 Å². The van der Waals surface area contributed by atoms with Gasteiger partial charge in [-0.2, -0.15) is 0 Å². The maximum Gasteiger partial charge on any atom is 0.317 e. The Morgan fingerprint density at radius 1 is 1.30 bits per heavy atom. The molecule has 0 aliphatic heterocycles. The molecular formula is C15H22ClN3O. The first-order chi connectivity index (χ1) is 9.52. The summed E-state index contributed by atoms with van der Waals surface area (Å²) in [7, 11) is 3.98. The van der Waals surface area contributed by atoms with Crippen LogP contribution < -0.4 is 5.32 Å². The van der Waals surface area contributed by atoms with Crippen molar-refractivity contribution < 1.29 is 4.79 Å². The van der Waals surface area contributed by atoms with Crippen LogP contribution in [-0.2, 0) is 6.54 Å². The van der Waals surface area contributed by atoms with Crippen molar-refractivity contribution in [1.82, 2.24) is 15.1 Å². The van der Waals surface area contributed by atoms with Crippen LogP contribution in [0.5, 0.6) is 0 Å². The van der Waals surface area contributed by atoms with E-state index in [9.17, 15) is 4.79 Å². The largest absolute Gasteiger partial charge is 0.335 e. The second-order valence-corrected chi connectivity index (χ2v) is 5.26. The minimum atomic E-state index is -0.0818. The molecule has 0 aromatic heterocycles. The van der Waals surface area contributed by atoms with Gasteiger partial charge in [0.1, 0.15) is 0 Å². The van der Waals surface area contributed by atoms with E-state index in [4.69, 9.17) is 11.6 Å². The predicted molar refractivity (Wildman–Crippen MR) is 84.0 cm³/mol. The van der Waals surface area contributed by atoms with Crippen molar-refractivity contribution in [2.75, 3.05) is 33.7 Å². The molecule has 0 atom stereocenters. The van der Waals surface area contributed by atoms with Crippen LogP contribution in [0, 0.1) is 0 Å². The molecule has 0 fully saturated rings. The van der Waals surface area contributed by atoms with E-state index in [1.807, 2.05) is 38.4 Å². The second kappa shape index (κ2) is 8.61. The molecule has 0 unspecified atom stereocenters. The summed E-state index contributed by atoms with van der Waals surface area (Å²) in [5, 5.41) is 3.51. The van der Waals surface area contributed by atoms with Crippen LogP contribution in [0.15, 0.2) is 36.9 Å². The number of rotatable bonds is 7. The number of hydrogen-bond donors (Lipinski definition) is 1. The van der Waals surface area contributed by atoms with Crippen LogP contribution in [-0.4, -0.2) is 49.6 Å². The molecule has 0 aliphatic carbocycles. The molecule has 4 nitrogen and oxygen atoms in total. The lowest BCUT2D eigenvalue weighted by molar-refractivity contribution is 0.190. The van der Waals surface area contributed by atoms with E-state index in [1.165, 1.54) is 0 Å². The average Bonchev–Trinajstić information content (AvgIpc) is 2.42. The van der Waals surface area contributed by atoms with Gasteiger partial charge in [-0.05, 0) is 31.8 Å². The first-order valence-corrected chi connectivity index (χ1v) is 6.93. The summed E-state index contributed by atoms with van der Waals surface area (Å²) in [6.45, 7) is 6.12. The van der Waals surface area contributed by atoms with Crippen LogP contribution in [0.1, 0.15) is 5.56 Å². The van der Waals surface area contributed by atoms with Crippen LogP contribution >= 0.6 is 11.6 Å². The summed E-state index contributed by atoms with van der Waals surface area (Å²) in [4.78, 5) is 15.9. The number of urea groups is 1. The fraction of sp³-hybridized carbons (Fsp3) is 0.400. The number of nitrogens with one attached hydrogen (secondary N) is 1. The van der Waals surface area contributed by atoms with E-state index >= 15 is 0 Å². The van der Waals surface area contributed by atoms with Gasteiger partial charge in [0, 0.05) is 31.2 Å². The molecule has 0 heterocycles. The van der Waals surface area contributed by atoms with Crippen molar-refractivity contribution >= 4 is 17.6 Å². The lowest BCUT2D eigenvalue weighted by atomic mass is 10.2. The Morgan fingerprint density at radius 3 is 2.50 bits per heavy atom.